The van der Waals surface area contributed by atoms with Crippen molar-refractivity contribution in [3.05, 3.63) is 182 Å². The van der Waals surface area contributed by atoms with Gasteiger partial charge in [0, 0.05) is 19.3 Å². The van der Waals surface area contributed by atoms with Crippen LogP contribution in [0.2, 0.25) is 0 Å². The molecule has 0 spiro atoms. The first-order valence-electron chi connectivity index (χ1n) is 29.8. The van der Waals surface area contributed by atoms with Crippen LogP contribution in [-0.4, -0.2) is 37.2 Å². The van der Waals surface area contributed by atoms with Crippen molar-refractivity contribution in [1.82, 2.24) is 0 Å². The summed E-state index contributed by atoms with van der Waals surface area (Å²) < 4.78 is 16.6. The van der Waals surface area contributed by atoms with E-state index >= 15 is 0 Å². The van der Waals surface area contributed by atoms with E-state index in [1.807, 2.05) is 12.2 Å². The summed E-state index contributed by atoms with van der Waals surface area (Å²) in [6, 6.07) is 0. The summed E-state index contributed by atoms with van der Waals surface area (Å²) in [6.07, 6.45) is 93.6. The van der Waals surface area contributed by atoms with Gasteiger partial charge < -0.3 is 14.2 Å². The lowest BCUT2D eigenvalue weighted by Gasteiger charge is -2.18. The van der Waals surface area contributed by atoms with Crippen molar-refractivity contribution in [1.29, 1.82) is 0 Å². The van der Waals surface area contributed by atoms with Crippen LogP contribution in [0.25, 0.3) is 0 Å². The molecule has 0 aromatic heterocycles. The third-order valence-corrected chi connectivity index (χ3v) is 11.7. The molecule has 6 heteroatoms. The first-order chi connectivity index (χ1) is 37.5. The van der Waals surface area contributed by atoms with Crippen LogP contribution < -0.4 is 0 Å². The molecule has 0 heterocycles. The summed E-state index contributed by atoms with van der Waals surface area (Å²) in [6.45, 7) is 6.24. The van der Waals surface area contributed by atoms with Gasteiger partial charge in [0.15, 0.2) is 6.10 Å². The van der Waals surface area contributed by atoms with E-state index < -0.39 is 12.1 Å². The van der Waals surface area contributed by atoms with E-state index in [0.717, 1.165) is 154 Å². The van der Waals surface area contributed by atoms with Gasteiger partial charge in [-0.3, -0.25) is 14.4 Å². The Morgan fingerprint density at radius 3 is 0.855 bits per heavy atom. The molecule has 1 unspecified atom stereocenters. The lowest BCUT2D eigenvalue weighted by Crippen LogP contribution is -2.30. The van der Waals surface area contributed by atoms with Crippen LogP contribution in [0.4, 0.5) is 0 Å². The molecule has 0 aliphatic rings. The fraction of sp³-hybridized carbons (Fsp3) is 0.529. The minimum atomic E-state index is -0.833. The number of esters is 3. The van der Waals surface area contributed by atoms with Crippen LogP contribution in [0.3, 0.4) is 0 Å². The molecule has 422 valence electrons. The fourth-order valence-electron chi connectivity index (χ4n) is 7.28. The molecule has 6 nitrogen and oxygen atoms in total. The predicted molar refractivity (Wildman–Crippen MR) is 329 cm³/mol. The summed E-state index contributed by atoms with van der Waals surface area (Å²) in [5.41, 5.74) is 0. The van der Waals surface area contributed by atoms with Gasteiger partial charge in [0.1, 0.15) is 13.2 Å². The van der Waals surface area contributed by atoms with Gasteiger partial charge in [-0.2, -0.15) is 0 Å². The maximum absolute atomic E-state index is 12.8. The van der Waals surface area contributed by atoms with Crippen LogP contribution in [0.15, 0.2) is 182 Å². The van der Waals surface area contributed by atoms with E-state index in [0.29, 0.717) is 19.3 Å². The van der Waals surface area contributed by atoms with Crippen LogP contribution in [-0.2, 0) is 28.6 Å². The Bertz CT molecular complexity index is 1820. The highest BCUT2D eigenvalue weighted by Gasteiger charge is 2.19. The van der Waals surface area contributed by atoms with E-state index in [9.17, 15) is 14.4 Å². The Hall–Kier alpha value is -5.49. The van der Waals surface area contributed by atoms with E-state index in [2.05, 4.69) is 191 Å². The molecule has 0 aromatic rings. The second-order valence-electron chi connectivity index (χ2n) is 18.8. The molecule has 0 bridgehead atoms. The number of unbranched alkanes of at least 4 members (excludes halogenated alkanes) is 10. The summed E-state index contributed by atoms with van der Waals surface area (Å²) in [5, 5.41) is 0. The highest BCUT2D eigenvalue weighted by Crippen LogP contribution is 2.12. The van der Waals surface area contributed by atoms with Gasteiger partial charge >= 0.3 is 17.9 Å². The summed E-state index contributed by atoms with van der Waals surface area (Å²) >= 11 is 0. The molecular formula is C70H106O6. The average Bonchev–Trinajstić information content (AvgIpc) is 3.42. The second-order valence-corrected chi connectivity index (χ2v) is 18.8. The molecule has 0 rings (SSSR count). The first-order valence-corrected chi connectivity index (χ1v) is 29.8. The number of rotatable bonds is 51. The third kappa shape index (κ3) is 59.4. The number of carbonyl (C=O) groups excluding carboxylic acids is 3. The number of hydrogen-bond donors (Lipinski definition) is 0. The normalized spacial score (nSPS) is 13.5. The maximum Gasteiger partial charge on any atom is 0.306 e. The number of ether oxygens (including phenoxy) is 3. The second kappa shape index (κ2) is 62.1. The molecule has 0 saturated carbocycles. The number of carbonyl (C=O) groups is 3. The smallest absolute Gasteiger partial charge is 0.306 e. The highest BCUT2D eigenvalue weighted by molar-refractivity contribution is 5.71. The first kappa shape index (κ1) is 70.5. The number of hydrogen-bond acceptors (Lipinski definition) is 6. The quantitative estimate of drug-likeness (QED) is 0.0261. The van der Waals surface area contributed by atoms with E-state index in [1.54, 1.807) is 0 Å². The Labute approximate surface area is 465 Å². The molecule has 0 amide bonds. The van der Waals surface area contributed by atoms with Gasteiger partial charge in [-0.25, -0.2) is 0 Å². The van der Waals surface area contributed by atoms with Gasteiger partial charge in [0.2, 0.25) is 0 Å². The molecule has 0 saturated heterocycles. The van der Waals surface area contributed by atoms with Crippen molar-refractivity contribution < 1.29 is 28.6 Å². The van der Waals surface area contributed by atoms with Crippen molar-refractivity contribution in [3.63, 3.8) is 0 Å². The van der Waals surface area contributed by atoms with E-state index in [-0.39, 0.29) is 31.6 Å². The zero-order chi connectivity index (χ0) is 55.0. The Morgan fingerprint density at radius 2 is 0.539 bits per heavy atom. The lowest BCUT2D eigenvalue weighted by atomic mass is 10.1. The standard InChI is InChI=1S/C70H106O6/c1-4-7-10-13-16-18-20-22-24-26-28-29-30-31-32-33-34-35-36-37-38-39-40-41-43-44-46-48-50-52-54-57-60-63-69(72)75-66-67(65-74-68(71)62-59-56-15-12-9-6-3)76-70(73)64-61-58-55-53-51-49-47-45-42-27-25-23-21-19-17-14-11-8-5-2/h7-8,10-11,16-19,22-25,28-29,31-32,34-35,37-38,40-42,44-46,49,51,55,58,67H,4-6,9,12-15,20-21,26-27,30,33,36,39,43,47-48,50,52-54,56-57,59-66H2,1-3H3/b10-7-,11-8-,18-16-,19-17-,24-22-,25-23-,29-28-,32-31-,35-34-,38-37-,41-40-,45-42-,46-44-,51-49-,58-55-. The number of allylic oxidation sites excluding steroid dienone is 30. The van der Waals surface area contributed by atoms with Gasteiger partial charge in [-0.15, -0.1) is 0 Å². The Kier molecular flexibility index (Phi) is 57.6. The van der Waals surface area contributed by atoms with Crippen LogP contribution >= 0.6 is 0 Å². The molecule has 0 aliphatic carbocycles. The topological polar surface area (TPSA) is 78.9 Å². The molecular weight excluding hydrogens is 937 g/mol. The third-order valence-electron chi connectivity index (χ3n) is 11.7. The van der Waals surface area contributed by atoms with Gasteiger partial charge in [0.05, 0.1) is 0 Å². The molecule has 0 aliphatic heterocycles. The molecule has 76 heavy (non-hydrogen) atoms. The van der Waals surface area contributed by atoms with Crippen molar-refractivity contribution in [2.24, 2.45) is 0 Å². The Balaban J connectivity index is 4.28. The van der Waals surface area contributed by atoms with Gasteiger partial charge in [-0.05, 0) is 128 Å². The summed E-state index contributed by atoms with van der Waals surface area (Å²) in [5.74, 6) is -1.05. The molecule has 1 atom stereocenters. The van der Waals surface area contributed by atoms with Crippen LogP contribution in [0, 0.1) is 0 Å². The highest BCUT2D eigenvalue weighted by atomic mass is 16.6. The maximum atomic E-state index is 12.8. The fourth-order valence-corrected chi connectivity index (χ4v) is 7.28. The van der Waals surface area contributed by atoms with Crippen molar-refractivity contribution >= 4 is 17.9 Å². The van der Waals surface area contributed by atoms with E-state index in [4.69, 9.17) is 14.2 Å². The molecule has 0 aromatic carbocycles. The lowest BCUT2D eigenvalue weighted by molar-refractivity contribution is -0.166. The van der Waals surface area contributed by atoms with Crippen LogP contribution in [0.1, 0.15) is 220 Å². The van der Waals surface area contributed by atoms with Gasteiger partial charge in [0.25, 0.3) is 0 Å². The minimum absolute atomic E-state index is 0.123. The monoisotopic (exact) mass is 1040 g/mol. The van der Waals surface area contributed by atoms with Crippen molar-refractivity contribution in [3.8, 4) is 0 Å². The Morgan fingerprint density at radius 1 is 0.276 bits per heavy atom. The minimum Gasteiger partial charge on any atom is -0.462 e. The average molecular weight is 1040 g/mol. The summed E-state index contributed by atoms with van der Waals surface area (Å²) in [4.78, 5) is 37.9. The van der Waals surface area contributed by atoms with E-state index in [1.165, 1.54) is 19.3 Å². The molecule has 0 fully saturated rings. The predicted octanol–water partition coefficient (Wildman–Crippen LogP) is 20.5. The van der Waals surface area contributed by atoms with Gasteiger partial charge in [-0.1, -0.05) is 254 Å². The molecule has 0 radical (unpaired) electrons. The zero-order valence-electron chi connectivity index (χ0n) is 48.2. The van der Waals surface area contributed by atoms with Crippen molar-refractivity contribution in [2.45, 2.75) is 226 Å². The van der Waals surface area contributed by atoms with Crippen LogP contribution in [0.5, 0.6) is 0 Å². The SMILES string of the molecule is CC/C=C\C/C=C\C/C=C\C/C=C\C/C=C\C/C=C\C/C=C\C/C=C\C/C=C\CCCCCCCC(=O)OCC(COC(=O)CCCCCCCC)OC(=O)CC/C=C\C/C=C\C/C=C\C/C=C\C/C=C\C/C=C\CC. The largest absolute Gasteiger partial charge is 0.462 e. The molecule has 0 N–H and O–H groups in total. The zero-order valence-corrected chi connectivity index (χ0v) is 48.2. The van der Waals surface area contributed by atoms with Crippen molar-refractivity contribution in [2.75, 3.05) is 13.2 Å². The summed E-state index contributed by atoms with van der Waals surface area (Å²) in [7, 11) is 0.